The molecule has 2 amide bonds. The van der Waals surface area contributed by atoms with E-state index in [1.807, 2.05) is 31.2 Å². The first-order valence-corrected chi connectivity index (χ1v) is 12.6. The highest BCUT2D eigenvalue weighted by Gasteiger charge is 2.31. The molecule has 0 heterocycles. The summed E-state index contributed by atoms with van der Waals surface area (Å²) in [6.07, 6.45) is 3.28. The third-order valence-electron chi connectivity index (χ3n) is 7.32. The number of hydrogen-bond acceptors (Lipinski definition) is 4. The van der Waals surface area contributed by atoms with Crippen molar-refractivity contribution in [2.45, 2.75) is 57.4 Å². The molecule has 2 aliphatic rings. The molecule has 0 aliphatic heterocycles. The van der Waals surface area contributed by atoms with Gasteiger partial charge in [-0.05, 0) is 47.4 Å². The maximum absolute atomic E-state index is 12.7. The van der Waals surface area contributed by atoms with Crippen LogP contribution in [0, 0.1) is 11.8 Å². The lowest BCUT2D eigenvalue weighted by atomic mass is 9.85. The molecule has 1 unspecified atom stereocenters. The lowest BCUT2D eigenvalue weighted by molar-refractivity contribution is -0.138. The summed E-state index contributed by atoms with van der Waals surface area (Å²) in [4.78, 5) is 36.3. The van der Waals surface area contributed by atoms with Crippen molar-refractivity contribution >= 4 is 18.0 Å². The minimum absolute atomic E-state index is 0.00958. The molecule has 3 N–H and O–H groups in total. The zero-order valence-electron chi connectivity index (χ0n) is 20.2. The van der Waals surface area contributed by atoms with Gasteiger partial charge < -0.3 is 20.5 Å². The van der Waals surface area contributed by atoms with E-state index in [2.05, 4.69) is 34.9 Å². The van der Waals surface area contributed by atoms with E-state index in [0.29, 0.717) is 19.4 Å². The van der Waals surface area contributed by atoms with E-state index >= 15 is 0 Å². The number of fused-ring (bicyclic) bond motifs is 3. The lowest BCUT2D eigenvalue weighted by Gasteiger charge is -2.29. The van der Waals surface area contributed by atoms with Crippen LogP contribution >= 0.6 is 0 Å². The Labute approximate surface area is 206 Å². The molecule has 0 bridgehead atoms. The summed E-state index contributed by atoms with van der Waals surface area (Å²) in [5.41, 5.74) is 4.71. The van der Waals surface area contributed by atoms with Crippen LogP contribution in [-0.2, 0) is 14.3 Å². The predicted octanol–water partition coefficient (Wildman–Crippen LogP) is 4.70. The number of alkyl carbamates (subject to hydrolysis) is 1. The molecular formula is C28H34N2O5. The van der Waals surface area contributed by atoms with Crippen LogP contribution in [0.2, 0.25) is 0 Å². The van der Waals surface area contributed by atoms with Gasteiger partial charge in [-0.1, -0.05) is 68.3 Å². The van der Waals surface area contributed by atoms with Crippen LogP contribution in [0.5, 0.6) is 0 Å². The van der Waals surface area contributed by atoms with E-state index in [1.165, 1.54) is 22.3 Å². The summed E-state index contributed by atoms with van der Waals surface area (Å²) in [7, 11) is 0. The molecule has 7 nitrogen and oxygen atoms in total. The van der Waals surface area contributed by atoms with Gasteiger partial charge in [0.05, 0.1) is 0 Å². The van der Waals surface area contributed by atoms with Gasteiger partial charge in [0.2, 0.25) is 5.91 Å². The number of rotatable bonds is 9. The molecule has 0 saturated heterocycles. The van der Waals surface area contributed by atoms with Crippen LogP contribution < -0.4 is 10.6 Å². The van der Waals surface area contributed by atoms with Crippen molar-refractivity contribution in [3.63, 3.8) is 0 Å². The Morgan fingerprint density at radius 2 is 1.69 bits per heavy atom. The molecule has 1 saturated carbocycles. The van der Waals surface area contributed by atoms with Gasteiger partial charge in [0, 0.05) is 30.8 Å². The Kier molecular flexibility index (Phi) is 8.06. The van der Waals surface area contributed by atoms with Crippen molar-refractivity contribution in [1.29, 1.82) is 0 Å². The van der Waals surface area contributed by atoms with E-state index in [4.69, 9.17) is 9.84 Å². The molecule has 3 atom stereocenters. The average molecular weight is 479 g/mol. The number of hydrogen-bond donors (Lipinski definition) is 3. The molecule has 1 fully saturated rings. The molecule has 2 aromatic carbocycles. The summed E-state index contributed by atoms with van der Waals surface area (Å²) in [6.45, 7) is 2.55. The number of amides is 2. The number of aliphatic carboxylic acids is 1. The Bertz CT molecular complexity index is 1020. The summed E-state index contributed by atoms with van der Waals surface area (Å²) in [6, 6.07) is 16.3. The summed E-state index contributed by atoms with van der Waals surface area (Å²) in [5.74, 6) is -1.17. The number of carbonyl (C=O) groups is 3. The van der Waals surface area contributed by atoms with Gasteiger partial charge in [0.25, 0.3) is 0 Å². The van der Waals surface area contributed by atoms with Crippen molar-refractivity contribution in [2.24, 2.45) is 11.8 Å². The van der Waals surface area contributed by atoms with E-state index in [9.17, 15) is 14.4 Å². The molecule has 2 aromatic rings. The number of carboxylic acid groups (broad SMARTS) is 1. The van der Waals surface area contributed by atoms with Crippen molar-refractivity contribution < 1.29 is 24.2 Å². The van der Waals surface area contributed by atoms with Crippen LogP contribution in [0.4, 0.5) is 4.79 Å². The largest absolute Gasteiger partial charge is 0.481 e. The first-order chi connectivity index (χ1) is 17.0. The van der Waals surface area contributed by atoms with Gasteiger partial charge in [0.15, 0.2) is 0 Å². The van der Waals surface area contributed by atoms with E-state index in [-0.39, 0.29) is 42.7 Å². The van der Waals surface area contributed by atoms with Gasteiger partial charge in [-0.25, -0.2) is 4.79 Å². The molecule has 0 spiro atoms. The van der Waals surface area contributed by atoms with Gasteiger partial charge >= 0.3 is 12.1 Å². The molecule has 2 aliphatic carbocycles. The minimum atomic E-state index is -0.851. The SMILES string of the molecule is CCC(CNC(=O)[C@@H]1CCC[C@@H](NC(=O)OCC2c3ccccc3-c3ccccc32)C1)CC(=O)O. The zero-order valence-corrected chi connectivity index (χ0v) is 20.2. The van der Waals surface area contributed by atoms with Crippen molar-refractivity contribution in [3.05, 3.63) is 59.7 Å². The highest BCUT2D eigenvalue weighted by molar-refractivity contribution is 5.80. The van der Waals surface area contributed by atoms with Crippen molar-refractivity contribution in [3.8, 4) is 11.1 Å². The van der Waals surface area contributed by atoms with Crippen LogP contribution in [0.25, 0.3) is 11.1 Å². The second-order valence-electron chi connectivity index (χ2n) is 9.65. The molecule has 0 radical (unpaired) electrons. The van der Waals surface area contributed by atoms with Gasteiger partial charge in [-0.3, -0.25) is 9.59 Å². The number of benzene rings is 2. The lowest BCUT2D eigenvalue weighted by Crippen LogP contribution is -2.43. The zero-order chi connectivity index (χ0) is 24.8. The molecule has 4 rings (SSSR count). The molecular weight excluding hydrogens is 444 g/mol. The van der Waals surface area contributed by atoms with Crippen LogP contribution in [0.15, 0.2) is 48.5 Å². The molecule has 35 heavy (non-hydrogen) atoms. The summed E-state index contributed by atoms with van der Waals surface area (Å²) >= 11 is 0. The predicted molar refractivity (Wildman–Crippen MR) is 133 cm³/mol. The third kappa shape index (κ3) is 6.02. The van der Waals surface area contributed by atoms with Crippen molar-refractivity contribution in [1.82, 2.24) is 10.6 Å². The van der Waals surface area contributed by atoms with E-state index < -0.39 is 12.1 Å². The Balaban J connectivity index is 1.27. The number of ether oxygens (including phenoxy) is 1. The summed E-state index contributed by atoms with van der Waals surface area (Å²) in [5, 5.41) is 14.9. The third-order valence-corrected chi connectivity index (χ3v) is 7.32. The van der Waals surface area contributed by atoms with Crippen molar-refractivity contribution in [2.75, 3.05) is 13.2 Å². The second-order valence-corrected chi connectivity index (χ2v) is 9.65. The first-order valence-electron chi connectivity index (χ1n) is 12.6. The molecule has 186 valence electrons. The van der Waals surface area contributed by atoms with Crippen LogP contribution in [0.1, 0.15) is 62.5 Å². The van der Waals surface area contributed by atoms with Gasteiger partial charge in [-0.2, -0.15) is 0 Å². The van der Waals surface area contributed by atoms with E-state index in [1.54, 1.807) is 0 Å². The molecule has 7 heteroatoms. The maximum Gasteiger partial charge on any atom is 0.407 e. The number of nitrogens with one attached hydrogen (secondary N) is 2. The standard InChI is InChI=1S/C28H34N2O5/c1-2-18(14-26(31)32)16-29-27(33)19-8-7-9-20(15-19)30-28(34)35-17-25-23-12-5-3-10-21(23)22-11-4-6-13-24(22)25/h3-6,10-13,18-20,25H,2,7-9,14-17H2,1H3,(H,29,33)(H,30,34)(H,31,32)/t18?,19-,20-/m1/s1. The average Bonchev–Trinajstić information content (AvgIpc) is 3.18. The Morgan fingerprint density at radius 3 is 2.31 bits per heavy atom. The first kappa shape index (κ1) is 24.8. The highest BCUT2D eigenvalue weighted by Crippen LogP contribution is 2.44. The maximum atomic E-state index is 12.7. The Hall–Kier alpha value is -3.35. The van der Waals surface area contributed by atoms with E-state index in [0.717, 1.165) is 19.3 Å². The fourth-order valence-electron chi connectivity index (χ4n) is 5.36. The second kappa shape index (κ2) is 11.4. The number of carbonyl (C=O) groups excluding carboxylic acids is 2. The molecule has 0 aromatic heterocycles. The quantitative estimate of drug-likeness (QED) is 0.485. The number of carboxylic acids is 1. The highest BCUT2D eigenvalue weighted by atomic mass is 16.5. The fraction of sp³-hybridized carbons (Fsp3) is 0.464. The topological polar surface area (TPSA) is 105 Å². The monoisotopic (exact) mass is 478 g/mol. The van der Waals surface area contributed by atoms with Crippen LogP contribution in [-0.4, -0.2) is 42.3 Å². The smallest absolute Gasteiger partial charge is 0.407 e. The fourth-order valence-corrected chi connectivity index (χ4v) is 5.36. The van der Waals surface area contributed by atoms with Gasteiger partial charge in [0.1, 0.15) is 6.61 Å². The van der Waals surface area contributed by atoms with Gasteiger partial charge in [-0.15, -0.1) is 0 Å². The van der Waals surface area contributed by atoms with Crippen LogP contribution in [0.3, 0.4) is 0 Å². The minimum Gasteiger partial charge on any atom is -0.481 e. The summed E-state index contributed by atoms with van der Waals surface area (Å²) < 4.78 is 5.66. The Morgan fingerprint density at radius 1 is 1.03 bits per heavy atom. The normalized spacial score (nSPS) is 19.8.